The van der Waals surface area contributed by atoms with Crippen LogP contribution < -0.4 is 10.1 Å². The van der Waals surface area contributed by atoms with Crippen molar-refractivity contribution in [3.05, 3.63) is 28.1 Å². The second kappa shape index (κ2) is 4.36. The third-order valence-corrected chi connectivity index (χ3v) is 2.32. The van der Waals surface area contributed by atoms with Crippen molar-refractivity contribution in [3.8, 4) is 5.75 Å². The molecule has 1 N–H and O–H groups in total. The molecule has 7 heteroatoms. The molecule has 1 aromatic heterocycles. The van der Waals surface area contributed by atoms with Crippen LogP contribution >= 0.6 is 0 Å². The van der Waals surface area contributed by atoms with Crippen molar-refractivity contribution < 1.29 is 14.5 Å². The lowest BCUT2D eigenvalue weighted by molar-refractivity contribution is -0.386. The summed E-state index contributed by atoms with van der Waals surface area (Å²) in [5.74, 6) is -0.351. The van der Waals surface area contributed by atoms with E-state index in [9.17, 15) is 14.9 Å². The fourth-order valence-corrected chi connectivity index (χ4v) is 1.28. The van der Waals surface area contributed by atoms with Crippen LogP contribution in [0.25, 0.3) is 0 Å². The van der Waals surface area contributed by atoms with E-state index < -0.39 is 10.8 Å². The molecule has 90 valence electrons. The molecule has 0 saturated heterocycles. The zero-order valence-corrected chi connectivity index (χ0v) is 9.17. The van der Waals surface area contributed by atoms with Gasteiger partial charge in [0.2, 0.25) is 5.75 Å². The van der Waals surface area contributed by atoms with Crippen molar-refractivity contribution >= 4 is 11.6 Å². The third kappa shape index (κ3) is 2.49. The number of rotatable bonds is 4. The molecule has 2 rings (SSSR count). The molecule has 1 saturated carbocycles. The summed E-state index contributed by atoms with van der Waals surface area (Å²) in [5.41, 5.74) is -0.229. The highest BCUT2D eigenvalue weighted by Crippen LogP contribution is 2.32. The van der Waals surface area contributed by atoms with Crippen LogP contribution in [0.5, 0.6) is 5.75 Å². The summed E-state index contributed by atoms with van der Waals surface area (Å²) >= 11 is 0. The number of nitrogens with zero attached hydrogens (tertiary/aromatic N) is 2. The van der Waals surface area contributed by atoms with Crippen LogP contribution in [-0.4, -0.2) is 29.0 Å². The standard InChI is InChI=1S/C10H11N3O4/c1-11-10(14)7-4-8(13(15)16)9(5-12-7)17-6-2-3-6/h4-6H,2-3H2,1H3,(H,11,14). The summed E-state index contributed by atoms with van der Waals surface area (Å²) in [6, 6.07) is 1.12. The zero-order chi connectivity index (χ0) is 12.4. The Morgan fingerprint density at radius 3 is 2.88 bits per heavy atom. The predicted molar refractivity (Wildman–Crippen MR) is 57.9 cm³/mol. The van der Waals surface area contributed by atoms with Crippen LogP contribution in [0.15, 0.2) is 12.3 Å². The highest BCUT2D eigenvalue weighted by Gasteiger charge is 2.28. The van der Waals surface area contributed by atoms with Crippen LogP contribution in [0.4, 0.5) is 5.69 Å². The maximum absolute atomic E-state index is 11.3. The summed E-state index contributed by atoms with van der Waals surface area (Å²) in [4.78, 5) is 25.4. The van der Waals surface area contributed by atoms with Crippen LogP contribution in [0.2, 0.25) is 0 Å². The van der Waals surface area contributed by atoms with Gasteiger partial charge in [-0.3, -0.25) is 14.9 Å². The summed E-state index contributed by atoms with van der Waals surface area (Å²) in [5, 5.41) is 13.2. The van der Waals surface area contributed by atoms with Gasteiger partial charge >= 0.3 is 5.69 Å². The maximum atomic E-state index is 11.3. The molecule has 7 nitrogen and oxygen atoms in total. The Morgan fingerprint density at radius 2 is 2.35 bits per heavy atom. The largest absolute Gasteiger partial charge is 0.482 e. The lowest BCUT2D eigenvalue weighted by Gasteiger charge is -2.05. The van der Waals surface area contributed by atoms with E-state index >= 15 is 0 Å². The van der Waals surface area contributed by atoms with E-state index in [-0.39, 0.29) is 23.2 Å². The second-order valence-corrected chi connectivity index (χ2v) is 3.69. The molecular formula is C10H11N3O4. The van der Waals surface area contributed by atoms with Gasteiger partial charge in [-0.1, -0.05) is 0 Å². The number of carbonyl (C=O) groups excluding carboxylic acids is 1. The summed E-state index contributed by atoms with van der Waals surface area (Å²) in [6.45, 7) is 0. The monoisotopic (exact) mass is 237 g/mol. The Kier molecular flexibility index (Phi) is 2.90. The Morgan fingerprint density at radius 1 is 1.65 bits per heavy atom. The highest BCUT2D eigenvalue weighted by molar-refractivity contribution is 5.92. The van der Waals surface area contributed by atoms with Gasteiger partial charge in [0.1, 0.15) is 5.69 Å². The average Bonchev–Trinajstić information content (AvgIpc) is 3.12. The second-order valence-electron chi connectivity index (χ2n) is 3.69. The number of ether oxygens (including phenoxy) is 1. The van der Waals surface area contributed by atoms with Crippen molar-refractivity contribution in [2.24, 2.45) is 0 Å². The predicted octanol–water partition coefficient (Wildman–Crippen LogP) is 0.891. The lowest BCUT2D eigenvalue weighted by Crippen LogP contribution is -2.19. The van der Waals surface area contributed by atoms with E-state index in [1.165, 1.54) is 13.2 Å². The maximum Gasteiger partial charge on any atom is 0.314 e. The van der Waals surface area contributed by atoms with Crippen molar-refractivity contribution in [1.82, 2.24) is 10.3 Å². The van der Waals surface area contributed by atoms with Crippen LogP contribution in [0, 0.1) is 10.1 Å². The number of carbonyl (C=O) groups is 1. The Hall–Kier alpha value is -2.18. The SMILES string of the molecule is CNC(=O)c1cc([N+](=O)[O-])c(OC2CC2)cn1. The molecule has 1 amide bonds. The number of hydrogen-bond acceptors (Lipinski definition) is 5. The van der Waals surface area contributed by atoms with Crippen LogP contribution in [0.1, 0.15) is 23.3 Å². The van der Waals surface area contributed by atoms with Crippen molar-refractivity contribution in [3.63, 3.8) is 0 Å². The summed E-state index contributed by atoms with van der Waals surface area (Å²) < 4.78 is 5.35. The van der Waals surface area contributed by atoms with Gasteiger partial charge in [-0.05, 0) is 12.8 Å². The number of pyridine rings is 1. The smallest absolute Gasteiger partial charge is 0.314 e. The molecule has 0 spiro atoms. The highest BCUT2D eigenvalue weighted by atomic mass is 16.6. The van der Waals surface area contributed by atoms with E-state index in [1.807, 2.05) is 0 Å². The normalized spacial score (nSPS) is 14.2. The first-order valence-corrected chi connectivity index (χ1v) is 5.15. The molecular weight excluding hydrogens is 226 g/mol. The van der Waals surface area contributed by atoms with Gasteiger partial charge in [-0.15, -0.1) is 0 Å². The van der Waals surface area contributed by atoms with E-state index in [4.69, 9.17) is 4.74 Å². The molecule has 0 unspecified atom stereocenters. The topological polar surface area (TPSA) is 94.4 Å². The molecule has 1 aliphatic carbocycles. The molecule has 1 heterocycles. The Bertz CT molecular complexity index is 471. The van der Waals surface area contributed by atoms with Crippen LogP contribution in [-0.2, 0) is 0 Å². The molecule has 0 atom stereocenters. The average molecular weight is 237 g/mol. The molecule has 1 aromatic rings. The Balaban J connectivity index is 2.32. The van der Waals surface area contributed by atoms with E-state index in [0.29, 0.717) is 0 Å². The minimum absolute atomic E-state index is 0.00217. The number of amides is 1. The molecule has 17 heavy (non-hydrogen) atoms. The third-order valence-electron chi connectivity index (χ3n) is 2.32. The summed E-state index contributed by atoms with van der Waals surface area (Å²) in [6.07, 6.45) is 3.06. The first-order chi connectivity index (χ1) is 8.11. The quantitative estimate of drug-likeness (QED) is 0.619. The molecule has 0 aromatic carbocycles. The fraction of sp³-hybridized carbons (Fsp3) is 0.400. The van der Waals surface area contributed by atoms with E-state index in [1.54, 1.807) is 0 Å². The number of aromatic nitrogens is 1. The van der Waals surface area contributed by atoms with Gasteiger partial charge in [0.25, 0.3) is 5.91 Å². The Labute approximate surface area is 96.9 Å². The first kappa shape index (κ1) is 11.3. The number of nitro groups is 1. The number of hydrogen-bond donors (Lipinski definition) is 1. The fourth-order valence-electron chi connectivity index (χ4n) is 1.28. The van der Waals surface area contributed by atoms with E-state index in [0.717, 1.165) is 18.9 Å². The van der Waals surface area contributed by atoms with Gasteiger partial charge in [0.15, 0.2) is 0 Å². The minimum Gasteiger partial charge on any atom is -0.482 e. The summed E-state index contributed by atoms with van der Waals surface area (Å²) in [7, 11) is 1.43. The van der Waals surface area contributed by atoms with Crippen molar-refractivity contribution in [2.75, 3.05) is 7.05 Å². The molecule has 0 bridgehead atoms. The van der Waals surface area contributed by atoms with Gasteiger partial charge in [0, 0.05) is 7.05 Å². The first-order valence-electron chi connectivity index (χ1n) is 5.15. The van der Waals surface area contributed by atoms with Crippen LogP contribution in [0.3, 0.4) is 0 Å². The molecule has 1 fully saturated rings. The van der Waals surface area contributed by atoms with E-state index in [2.05, 4.69) is 10.3 Å². The van der Waals surface area contributed by atoms with Gasteiger partial charge < -0.3 is 10.1 Å². The number of nitrogens with one attached hydrogen (secondary N) is 1. The van der Waals surface area contributed by atoms with Crippen molar-refractivity contribution in [1.29, 1.82) is 0 Å². The minimum atomic E-state index is -0.578. The lowest BCUT2D eigenvalue weighted by atomic mass is 10.3. The zero-order valence-electron chi connectivity index (χ0n) is 9.17. The van der Waals surface area contributed by atoms with Gasteiger partial charge in [-0.25, -0.2) is 4.98 Å². The molecule has 1 aliphatic rings. The molecule has 0 radical (unpaired) electrons. The van der Waals surface area contributed by atoms with Gasteiger partial charge in [-0.2, -0.15) is 0 Å². The van der Waals surface area contributed by atoms with Gasteiger partial charge in [0.05, 0.1) is 23.3 Å². The molecule has 0 aliphatic heterocycles. The van der Waals surface area contributed by atoms with Crippen molar-refractivity contribution in [2.45, 2.75) is 18.9 Å².